The molecule has 6 rings (SSSR count). The first-order valence-corrected chi connectivity index (χ1v) is 25.6. The number of fused-ring (bicyclic) bond motifs is 1. The van der Waals surface area contributed by atoms with Gasteiger partial charge in [-0.3, -0.25) is 4.79 Å². The van der Waals surface area contributed by atoms with Crippen molar-refractivity contribution in [1.29, 1.82) is 0 Å². The second kappa shape index (κ2) is 19.3. The summed E-state index contributed by atoms with van der Waals surface area (Å²) in [4.78, 5) is 29.0. The molecule has 0 aliphatic heterocycles. The lowest BCUT2D eigenvalue weighted by Gasteiger charge is -2.45. The van der Waals surface area contributed by atoms with Crippen molar-refractivity contribution in [3.8, 4) is 0 Å². The second-order valence-corrected chi connectivity index (χ2v) is 26.5. The van der Waals surface area contributed by atoms with Crippen molar-refractivity contribution in [1.82, 2.24) is 10.6 Å². The average Bonchev–Trinajstić information content (AvgIpc) is 3.24. The van der Waals surface area contributed by atoms with Crippen molar-refractivity contribution >= 4 is 59.3 Å². The summed E-state index contributed by atoms with van der Waals surface area (Å²) in [6, 6.07) is 56.4. The van der Waals surface area contributed by atoms with Crippen molar-refractivity contribution in [3.63, 3.8) is 0 Å². The summed E-state index contributed by atoms with van der Waals surface area (Å²) in [5, 5.41) is 13.3. The number of benzene rings is 6. The Hall–Kier alpha value is -5.07. The number of nitrogens with one attached hydrogen (secondary N) is 2. The normalized spacial score (nSPS) is 13.9. The lowest BCUT2D eigenvalue weighted by molar-refractivity contribution is -0.126. The molecule has 8 heteroatoms. The van der Waals surface area contributed by atoms with Gasteiger partial charge in [0.2, 0.25) is 5.91 Å². The van der Waals surface area contributed by atoms with Crippen LogP contribution >= 0.6 is 7.26 Å². The molecule has 6 aromatic carbocycles. The summed E-state index contributed by atoms with van der Waals surface area (Å²) in [5.41, 5.74) is 0.483. The molecule has 2 amide bonds. The maximum Gasteiger partial charge on any atom is 0.408 e. The third-order valence-electron chi connectivity index (χ3n) is 11.6. The molecule has 0 aliphatic carbocycles. The van der Waals surface area contributed by atoms with Crippen molar-refractivity contribution in [3.05, 3.63) is 169 Å². The first kappa shape index (κ1) is 45.5. The number of hydrogen-bond acceptors (Lipinski definition) is 4. The predicted octanol–water partition coefficient (Wildman–Crippen LogP) is 10.0. The average molecular weight is 852 g/mol. The van der Waals surface area contributed by atoms with E-state index in [0.29, 0.717) is 6.16 Å². The molecule has 0 fully saturated rings. The van der Waals surface area contributed by atoms with Crippen LogP contribution in [-0.2, 0) is 20.1 Å². The van der Waals surface area contributed by atoms with Gasteiger partial charge in [0.1, 0.15) is 11.6 Å². The highest BCUT2D eigenvalue weighted by Crippen LogP contribution is 2.60. The van der Waals surface area contributed by atoms with Gasteiger partial charge < -0.3 is 19.8 Å². The van der Waals surface area contributed by atoms with E-state index >= 15 is 4.79 Å². The monoisotopic (exact) mass is 851 g/mol. The van der Waals surface area contributed by atoms with Gasteiger partial charge in [0, 0.05) is 0 Å². The third-order valence-corrected chi connectivity index (χ3v) is 21.2. The fraction of sp³-hybridized carbons (Fsp3) is 0.321. The maximum atomic E-state index is 15.2. The Bertz CT molecular complexity index is 2270. The Morgan fingerprint density at radius 2 is 1.08 bits per heavy atom. The van der Waals surface area contributed by atoms with Crippen LogP contribution in [0.25, 0.3) is 10.8 Å². The van der Waals surface area contributed by atoms with Crippen molar-refractivity contribution in [2.75, 3.05) is 6.16 Å². The summed E-state index contributed by atoms with van der Waals surface area (Å²) in [7, 11) is -5.40. The van der Waals surface area contributed by atoms with Crippen LogP contribution in [0.2, 0.25) is 5.04 Å². The van der Waals surface area contributed by atoms with Crippen LogP contribution in [0.4, 0.5) is 4.79 Å². The highest BCUT2D eigenvalue weighted by molar-refractivity contribution is 7.88. The minimum atomic E-state index is -3.14. The van der Waals surface area contributed by atoms with E-state index in [1.54, 1.807) is 0 Å². The van der Waals surface area contributed by atoms with Gasteiger partial charge >= 0.3 is 6.09 Å². The molecule has 0 heterocycles. The summed E-state index contributed by atoms with van der Waals surface area (Å²) in [6.07, 6.45) is 0.114. The lowest BCUT2D eigenvalue weighted by Crippen LogP contribution is -2.69. The fourth-order valence-electron chi connectivity index (χ4n) is 8.58. The largest absolute Gasteiger partial charge is 0.444 e. The van der Waals surface area contributed by atoms with Gasteiger partial charge in [0.25, 0.3) is 8.32 Å². The molecule has 0 spiro atoms. The maximum absolute atomic E-state index is 15.2. The minimum Gasteiger partial charge on any atom is -0.444 e. The molecule has 318 valence electrons. The third kappa shape index (κ3) is 10.7. The van der Waals surface area contributed by atoms with Crippen molar-refractivity contribution in [2.45, 2.75) is 97.3 Å². The van der Waals surface area contributed by atoms with Gasteiger partial charge in [-0.05, 0) is 95.7 Å². The van der Waals surface area contributed by atoms with Crippen LogP contribution in [0.15, 0.2) is 164 Å². The first-order valence-electron chi connectivity index (χ1n) is 21.6. The lowest BCUT2D eigenvalue weighted by atomic mass is 10.0. The molecule has 0 aliphatic rings. The zero-order valence-electron chi connectivity index (χ0n) is 37.4. The summed E-state index contributed by atoms with van der Waals surface area (Å²) in [6.45, 7) is 18.4. The van der Waals surface area contributed by atoms with E-state index in [4.69, 9.17) is 9.16 Å². The van der Waals surface area contributed by atoms with Gasteiger partial charge in [0.05, 0.1) is 42.3 Å². The van der Waals surface area contributed by atoms with E-state index in [1.165, 1.54) is 26.9 Å². The highest BCUT2D eigenvalue weighted by Gasteiger charge is 2.53. The van der Waals surface area contributed by atoms with Gasteiger partial charge in [-0.15, -0.1) is 0 Å². The molecule has 0 aromatic heterocycles. The molecule has 6 nitrogen and oxygen atoms in total. The molecular weight excluding hydrogens is 788 g/mol. The molecule has 0 saturated heterocycles. The minimum absolute atomic E-state index is 0.0578. The van der Waals surface area contributed by atoms with Gasteiger partial charge in [-0.2, -0.15) is 0 Å². The highest BCUT2D eigenvalue weighted by atomic mass is 31.2. The van der Waals surface area contributed by atoms with E-state index in [1.807, 2.05) is 64.1 Å². The Labute approximate surface area is 366 Å². The van der Waals surface area contributed by atoms with Crippen LogP contribution in [0.1, 0.15) is 67.9 Å². The van der Waals surface area contributed by atoms with Gasteiger partial charge in [-0.25, -0.2) is 4.79 Å². The second-order valence-electron chi connectivity index (χ2n) is 18.6. The number of carbonyl (C=O) groups is 2. The van der Waals surface area contributed by atoms with Crippen LogP contribution < -0.4 is 31.6 Å². The Morgan fingerprint density at radius 3 is 1.56 bits per heavy atom. The Kier molecular flexibility index (Phi) is 14.4. The number of carbonyl (C=O) groups excluding carboxylic acids is 2. The van der Waals surface area contributed by atoms with E-state index < -0.39 is 39.4 Å². The topological polar surface area (TPSA) is 76.7 Å². The van der Waals surface area contributed by atoms with Crippen LogP contribution in [0.5, 0.6) is 0 Å². The summed E-state index contributed by atoms with van der Waals surface area (Å²) < 4.78 is 13.3. The van der Waals surface area contributed by atoms with Crippen molar-refractivity contribution < 1.29 is 18.8 Å². The quantitative estimate of drug-likeness (QED) is 0.0797. The number of hydrogen-bond donors (Lipinski definition) is 2. The smallest absolute Gasteiger partial charge is 0.408 e. The number of alkyl carbamates (subject to hydrolysis) is 1. The molecule has 2 N–H and O–H groups in total. The number of ether oxygens (including phenoxy) is 1. The Morgan fingerprint density at radius 1 is 0.607 bits per heavy atom. The van der Waals surface area contributed by atoms with E-state index in [0.717, 1.165) is 16.5 Å². The molecule has 0 saturated carbocycles. The van der Waals surface area contributed by atoms with Crippen LogP contribution in [0.3, 0.4) is 0 Å². The van der Waals surface area contributed by atoms with Crippen molar-refractivity contribution in [2.24, 2.45) is 5.92 Å². The molecule has 0 bridgehead atoms. The summed E-state index contributed by atoms with van der Waals surface area (Å²) >= 11 is 0. The molecule has 1 unspecified atom stereocenters. The van der Waals surface area contributed by atoms with Gasteiger partial charge in [0.15, 0.2) is 0 Å². The van der Waals surface area contributed by atoms with Gasteiger partial charge in [-0.1, -0.05) is 168 Å². The van der Waals surface area contributed by atoms with E-state index in [2.05, 4.69) is 173 Å². The summed E-state index contributed by atoms with van der Waals surface area (Å²) in [5.74, 6) is -0.248. The standard InChI is InChI=1S/C53H63N2O4PSi/c1-39(2)48(38-60(44-26-14-10-15-27-44,45-28-16-11-17-29-45)37-41-34-35-42-24-22-23-25-43(42)36-41)54-50(56)49(55-51(57)58-52(4,5)6)40(3)59-61(53(7,8)9,46-30-18-12-19-31-46)47-32-20-13-21-33-47/h10-36,39-40,48-49H,37-38H2,1-9H3,(H-,54,55,56,57)/p+1/t40-,48-,49?/m1/s1. The zero-order chi connectivity index (χ0) is 43.8. The molecular formula is C53H64N2O4PSi+. The molecule has 61 heavy (non-hydrogen) atoms. The van der Waals surface area contributed by atoms with E-state index in [-0.39, 0.29) is 22.9 Å². The number of rotatable bonds is 15. The number of amides is 2. The SMILES string of the molecule is CC(C)[C@@H](C[P+](Cc1ccc2ccccc2c1)(c1ccccc1)c1ccccc1)NC(=O)C(NC(=O)OC(C)(C)C)[C@@H](C)O[Si](c1ccccc1)(c1ccccc1)C(C)(C)C. The molecule has 0 radical (unpaired) electrons. The van der Waals surface area contributed by atoms with Crippen LogP contribution in [0, 0.1) is 5.92 Å². The zero-order valence-corrected chi connectivity index (χ0v) is 39.3. The van der Waals surface area contributed by atoms with E-state index in [9.17, 15) is 4.79 Å². The fourth-order valence-corrected chi connectivity index (χ4v) is 18.0. The van der Waals surface area contributed by atoms with Crippen LogP contribution in [-0.4, -0.2) is 50.3 Å². The predicted molar refractivity (Wildman–Crippen MR) is 260 cm³/mol. The Balaban J connectivity index is 1.43. The molecule has 6 aromatic rings. The molecule has 3 atom stereocenters. The first-order chi connectivity index (χ1) is 29.0.